The molecule has 0 aromatic heterocycles. The van der Waals surface area contributed by atoms with Gasteiger partial charge in [0.2, 0.25) is 0 Å². The van der Waals surface area contributed by atoms with Gasteiger partial charge in [0.05, 0.1) is 5.41 Å². The predicted molar refractivity (Wildman–Crippen MR) is 130 cm³/mol. The Morgan fingerprint density at radius 1 is 0.645 bits per heavy atom. The molecule has 0 heterocycles. The van der Waals surface area contributed by atoms with E-state index in [0.717, 1.165) is 57.8 Å². The highest BCUT2D eigenvalue weighted by molar-refractivity contribution is 5.74. The lowest BCUT2D eigenvalue weighted by Crippen LogP contribution is -2.36. The van der Waals surface area contributed by atoms with Gasteiger partial charge in [0, 0.05) is 6.42 Å². The minimum Gasteiger partial charge on any atom is -0.481 e. The highest BCUT2D eigenvalue weighted by atomic mass is 16.4. The van der Waals surface area contributed by atoms with Gasteiger partial charge in [-0.3, -0.25) is 9.59 Å². The van der Waals surface area contributed by atoms with E-state index in [1.807, 2.05) is 6.92 Å². The smallest absolute Gasteiger partial charge is 0.309 e. The highest BCUT2D eigenvalue weighted by Gasteiger charge is 2.40. The molecule has 0 saturated heterocycles. The molecule has 0 amide bonds. The molecule has 2 unspecified atom stereocenters. The van der Waals surface area contributed by atoms with Crippen molar-refractivity contribution in [2.45, 2.75) is 137 Å². The fourth-order valence-corrected chi connectivity index (χ4v) is 4.47. The molecule has 2 N–H and O–H groups in total. The number of rotatable bonds is 21. The van der Waals surface area contributed by atoms with Crippen LogP contribution in [0.1, 0.15) is 137 Å². The lowest BCUT2D eigenvalue weighted by molar-refractivity contribution is -0.152. The SMILES string of the molecule is CC(C)CCC(CCCCCCCCCCCCC(=O)O)C(C)(CCC(C)C)C(=O)O. The van der Waals surface area contributed by atoms with Gasteiger partial charge in [-0.05, 0) is 56.8 Å². The number of hydrogen-bond donors (Lipinski definition) is 2. The quantitative estimate of drug-likeness (QED) is 0.176. The summed E-state index contributed by atoms with van der Waals surface area (Å²) in [6, 6.07) is 0. The summed E-state index contributed by atoms with van der Waals surface area (Å²) < 4.78 is 0. The van der Waals surface area contributed by atoms with Crippen molar-refractivity contribution >= 4 is 11.9 Å². The lowest BCUT2D eigenvalue weighted by atomic mass is 9.68. The first-order chi connectivity index (χ1) is 14.6. The Kier molecular flexibility index (Phi) is 16.9. The van der Waals surface area contributed by atoms with E-state index in [4.69, 9.17) is 5.11 Å². The van der Waals surface area contributed by atoms with Gasteiger partial charge >= 0.3 is 11.9 Å². The topological polar surface area (TPSA) is 74.6 Å². The van der Waals surface area contributed by atoms with Crippen LogP contribution in [-0.4, -0.2) is 22.2 Å². The number of carbonyl (C=O) groups is 2. The Balaban J connectivity index is 4.23. The van der Waals surface area contributed by atoms with Gasteiger partial charge in [-0.25, -0.2) is 0 Å². The Labute approximate surface area is 192 Å². The molecular weight excluding hydrogens is 388 g/mol. The second-order valence-electron chi connectivity index (χ2n) is 10.8. The van der Waals surface area contributed by atoms with Crippen molar-refractivity contribution < 1.29 is 19.8 Å². The minimum absolute atomic E-state index is 0.275. The monoisotopic (exact) mass is 440 g/mol. The van der Waals surface area contributed by atoms with E-state index < -0.39 is 17.4 Å². The Morgan fingerprint density at radius 2 is 1.10 bits per heavy atom. The molecule has 0 aliphatic rings. The van der Waals surface area contributed by atoms with Gasteiger partial charge in [0.15, 0.2) is 0 Å². The van der Waals surface area contributed by atoms with Crippen molar-refractivity contribution in [1.29, 1.82) is 0 Å². The van der Waals surface area contributed by atoms with Gasteiger partial charge < -0.3 is 10.2 Å². The molecule has 0 fully saturated rings. The third kappa shape index (κ3) is 15.4. The standard InChI is InChI=1S/C27H52O4/c1-22(2)18-19-24(27(5,26(30)31)21-20-23(3)4)16-14-12-10-8-6-7-9-11-13-15-17-25(28)29/h22-24H,6-21H2,1-5H3,(H,28,29)(H,30,31). The van der Waals surface area contributed by atoms with E-state index >= 15 is 0 Å². The highest BCUT2D eigenvalue weighted by Crippen LogP contribution is 2.41. The molecule has 0 radical (unpaired) electrons. The number of aliphatic carboxylic acids is 2. The predicted octanol–water partition coefficient (Wildman–Crippen LogP) is 8.33. The van der Waals surface area contributed by atoms with Gasteiger partial charge in [0.1, 0.15) is 0 Å². The molecule has 31 heavy (non-hydrogen) atoms. The average Bonchev–Trinajstić information content (AvgIpc) is 2.68. The summed E-state index contributed by atoms with van der Waals surface area (Å²) in [5, 5.41) is 18.7. The van der Waals surface area contributed by atoms with Gasteiger partial charge in [-0.2, -0.15) is 0 Å². The van der Waals surface area contributed by atoms with Crippen molar-refractivity contribution in [3.8, 4) is 0 Å². The minimum atomic E-state index is -0.685. The summed E-state index contributed by atoms with van der Waals surface area (Å²) in [5.74, 6) is 0.147. The van der Waals surface area contributed by atoms with E-state index in [0.29, 0.717) is 18.3 Å². The van der Waals surface area contributed by atoms with E-state index in [1.165, 1.54) is 38.5 Å². The summed E-state index contributed by atoms with van der Waals surface area (Å²) >= 11 is 0. The molecule has 0 aliphatic heterocycles. The summed E-state index contributed by atoms with van der Waals surface area (Å²) in [7, 11) is 0. The van der Waals surface area contributed by atoms with Crippen LogP contribution in [0, 0.1) is 23.2 Å². The van der Waals surface area contributed by atoms with Crippen LogP contribution in [-0.2, 0) is 9.59 Å². The number of carboxylic acids is 2. The van der Waals surface area contributed by atoms with Crippen molar-refractivity contribution in [2.75, 3.05) is 0 Å². The van der Waals surface area contributed by atoms with Crippen LogP contribution in [0.3, 0.4) is 0 Å². The second kappa shape index (κ2) is 17.5. The second-order valence-corrected chi connectivity index (χ2v) is 10.8. The molecule has 2 atom stereocenters. The summed E-state index contributed by atoms with van der Waals surface area (Å²) in [6.07, 6.45) is 16.8. The van der Waals surface area contributed by atoms with Gasteiger partial charge in [-0.1, -0.05) is 91.9 Å². The molecule has 0 spiro atoms. The van der Waals surface area contributed by atoms with E-state index in [2.05, 4.69) is 27.7 Å². The van der Waals surface area contributed by atoms with Crippen molar-refractivity contribution in [1.82, 2.24) is 0 Å². The van der Waals surface area contributed by atoms with Crippen LogP contribution < -0.4 is 0 Å². The molecular formula is C27H52O4. The zero-order valence-electron chi connectivity index (χ0n) is 21.3. The van der Waals surface area contributed by atoms with Crippen LogP contribution in [0.15, 0.2) is 0 Å². The molecule has 0 saturated carbocycles. The van der Waals surface area contributed by atoms with Crippen LogP contribution >= 0.6 is 0 Å². The van der Waals surface area contributed by atoms with E-state index in [9.17, 15) is 14.7 Å². The number of carboxylic acid groups (broad SMARTS) is 2. The molecule has 0 aromatic carbocycles. The third-order valence-electron chi connectivity index (χ3n) is 6.92. The van der Waals surface area contributed by atoms with E-state index in [1.54, 1.807) is 0 Å². The van der Waals surface area contributed by atoms with Crippen LogP contribution in [0.5, 0.6) is 0 Å². The average molecular weight is 441 g/mol. The van der Waals surface area contributed by atoms with Crippen LogP contribution in [0.2, 0.25) is 0 Å². The zero-order valence-corrected chi connectivity index (χ0v) is 21.3. The first kappa shape index (κ1) is 29.9. The Morgan fingerprint density at radius 3 is 1.52 bits per heavy atom. The zero-order chi connectivity index (χ0) is 23.7. The number of unbranched alkanes of at least 4 members (excludes halogenated alkanes) is 9. The molecule has 4 nitrogen and oxygen atoms in total. The van der Waals surface area contributed by atoms with Gasteiger partial charge in [-0.15, -0.1) is 0 Å². The lowest BCUT2D eigenvalue weighted by Gasteiger charge is -2.35. The third-order valence-corrected chi connectivity index (χ3v) is 6.92. The molecule has 0 aliphatic carbocycles. The van der Waals surface area contributed by atoms with Crippen molar-refractivity contribution in [3.05, 3.63) is 0 Å². The van der Waals surface area contributed by atoms with Crippen molar-refractivity contribution in [2.24, 2.45) is 23.2 Å². The maximum atomic E-state index is 12.2. The molecule has 4 heteroatoms. The van der Waals surface area contributed by atoms with Crippen molar-refractivity contribution in [3.63, 3.8) is 0 Å². The maximum Gasteiger partial charge on any atom is 0.309 e. The first-order valence-electron chi connectivity index (χ1n) is 13.0. The molecule has 184 valence electrons. The van der Waals surface area contributed by atoms with Crippen LogP contribution in [0.4, 0.5) is 0 Å². The summed E-state index contributed by atoms with van der Waals surface area (Å²) in [5.41, 5.74) is -0.597. The van der Waals surface area contributed by atoms with Gasteiger partial charge in [0.25, 0.3) is 0 Å². The fraction of sp³-hybridized carbons (Fsp3) is 0.926. The molecule has 0 aromatic rings. The molecule has 0 rings (SSSR count). The molecule has 0 bridgehead atoms. The first-order valence-corrected chi connectivity index (χ1v) is 13.0. The fourth-order valence-electron chi connectivity index (χ4n) is 4.47. The maximum absolute atomic E-state index is 12.2. The summed E-state index contributed by atoms with van der Waals surface area (Å²) in [4.78, 5) is 22.7. The largest absolute Gasteiger partial charge is 0.481 e. The Hall–Kier alpha value is -1.06. The summed E-state index contributed by atoms with van der Waals surface area (Å²) in [6.45, 7) is 10.8. The normalized spacial score (nSPS) is 14.7. The van der Waals surface area contributed by atoms with Crippen LogP contribution in [0.25, 0.3) is 0 Å². The Bertz CT molecular complexity index is 472. The van der Waals surface area contributed by atoms with E-state index in [-0.39, 0.29) is 5.92 Å². The number of hydrogen-bond acceptors (Lipinski definition) is 2.